The molecule has 0 N–H and O–H groups in total. The topological polar surface area (TPSA) is 71.1 Å². The molecule has 4 nitrogen and oxygen atoms in total. The first-order valence-corrected chi connectivity index (χ1v) is 9.39. The van der Waals surface area contributed by atoms with E-state index in [1.165, 1.54) is 18.2 Å². The van der Waals surface area contributed by atoms with Gasteiger partial charge >= 0.3 is 0 Å². The van der Waals surface area contributed by atoms with Crippen LogP contribution < -0.4 is 0 Å². The number of furan rings is 1. The molecule has 2 aromatic carbocycles. The maximum absolute atomic E-state index is 12.8. The minimum Gasteiger partial charge on any atom is -0.460 e. The van der Waals surface area contributed by atoms with Crippen LogP contribution in [0.2, 0.25) is 0 Å². The second-order valence-corrected chi connectivity index (χ2v) is 7.64. The van der Waals surface area contributed by atoms with Crippen molar-refractivity contribution in [3.05, 3.63) is 70.3 Å². The van der Waals surface area contributed by atoms with Crippen LogP contribution in [0.25, 0.3) is 17.0 Å². The van der Waals surface area contributed by atoms with Crippen molar-refractivity contribution in [3.8, 4) is 6.07 Å². The molecule has 126 valence electrons. The van der Waals surface area contributed by atoms with Gasteiger partial charge in [0.2, 0.25) is 9.84 Å². The van der Waals surface area contributed by atoms with Gasteiger partial charge in [-0.05, 0) is 31.2 Å². The van der Waals surface area contributed by atoms with Crippen LogP contribution in [0.15, 0.2) is 62.7 Å². The molecule has 25 heavy (non-hydrogen) atoms. The van der Waals surface area contributed by atoms with Crippen molar-refractivity contribution in [2.45, 2.75) is 25.2 Å². The first-order valence-electron chi connectivity index (χ1n) is 7.91. The van der Waals surface area contributed by atoms with Crippen molar-refractivity contribution in [1.29, 1.82) is 5.26 Å². The van der Waals surface area contributed by atoms with Gasteiger partial charge in [0.1, 0.15) is 22.3 Å². The van der Waals surface area contributed by atoms with E-state index >= 15 is 0 Å². The van der Waals surface area contributed by atoms with Gasteiger partial charge in [-0.15, -0.1) is 0 Å². The monoisotopic (exact) mass is 351 g/mol. The molecule has 3 aromatic rings. The van der Waals surface area contributed by atoms with Crippen LogP contribution in [0.3, 0.4) is 0 Å². The van der Waals surface area contributed by atoms with Crippen molar-refractivity contribution in [2.75, 3.05) is 0 Å². The standard InChI is InChI=1S/C20H17NO3S/c1-3-19-18(17-6-4-5-7-20(17)24-19)12-16(13-21)25(22,23)15-10-8-14(2)9-11-15/h4-12H,3H2,1-2H3. The fourth-order valence-electron chi connectivity index (χ4n) is 2.68. The van der Waals surface area contributed by atoms with Crippen LogP contribution in [-0.4, -0.2) is 8.42 Å². The molecule has 0 fully saturated rings. The summed E-state index contributed by atoms with van der Waals surface area (Å²) in [6.07, 6.45) is 2.02. The SMILES string of the molecule is CCc1oc2ccccc2c1C=C(C#N)S(=O)(=O)c1ccc(C)cc1. The third-order valence-corrected chi connectivity index (χ3v) is 5.72. The predicted molar refractivity (Wildman–Crippen MR) is 97.5 cm³/mol. The summed E-state index contributed by atoms with van der Waals surface area (Å²) in [6, 6.07) is 15.7. The molecule has 0 radical (unpaired) electrons. The van der Waals surface area contributed by atoms with Crippen LogP contribution >= 0.6 is 0 Å². The number of hydrogen-bond acceptors (Lipinski definition) is 4. The normalized spacial score (nSPS) is 12.3. The number of nitriles is 1. The van der Waals surface area contributed by atoms with Crippen molar-refractivity contribution >= 4 is 26.9 Å². The smallest absolute Gasteiger partial charge is 0.216 e. The number of allylic oxidation sites excluding steroid dienone is 1. The number of fused-ring (bicyclic) bond motifs is 1. The molecule has 0 unspecified atom stereocenters. The van der Waals surface area contributed by atoms with Gasteiger partial charge in [-0.25, -0.2) is 8.42 Å². The molecule has 0 aliphatic heterocycles. The van der Waals surface area contributed by atoms with Gasteiger partial charge in [0, 0.05) is 17.4 Å². The maximum atomic E-state index is 12.8. The molecule has 0 saturated carbocycles. The Hall–Kier alpha value is -2.84. The van der Waals surface area contributed by atoms with E-state index in [-0.39, 0.29) is 9.80 Å². The molecule has 3 rings (SSSR count). The lowest BCUT2D eigenvalue weighted by Crippen LogP contribution is -2.03. The highest BCUT2D eigenvalue weighted by atomic mass is 32.2. The number of aryl methyl sites for hydroxylation is 2. The summed E-state index contributed by atoms with van der Waals surface area (Å²) in [6.45, 7) is 3.80. The molecule has 0 atom stereocenters. The van der Waals surface area contributed by atoms with Gasteiger partial charge in [0.15, 0.2) is 0 Å². The van der Waals surface area contributed by atoms with E-state index in [1.807, 2.05) is 44.2 Å². The maximum Gasteiger partial charge on any atom is 0.216 e. The lowest BCUT2D eigenvalue weighted by Gasteiger charge is -2.04. The van der Waals surface area contributed by atoms with Gasteiger partial charge in [-0.3, -0.25) is 0 Å². The molecule has 0 bridgehead atoms. The highest BCUT2D eigenvalue weighted by Gasteiger charge is 2.22. The largest absolute Gasteiger partial charge is 0.460 e. The quantitative estimate of drug-likeness (QED) is 0.642. The summed E-state index contributed by atoms with van der Waals surface area (Å²) >= 11 is 0. The van der Waals surface area contributed by atoms with Gasteiger partial charge in [0.25, 0.3) is 0 Å². The molecular formula is C20H17NO3S. The minimum absolute atomic E-state index is 0.108. The average Bonchev–Trinajstić information content (AvgIpc) is 2.97. The lowest BCUT2D eigenvalue weighted by molar-refractivity contribution is 0.556. The highest BCUT2D eigenvalue weighted by molar-refractivity contribution is 7.95. The summed E-state index contributed by atoms with van der Waals surface area (Å²) in [4.78, 5) is -0.186. The van der Waals surface area contributed by atoms with Crippen molar-refractivity contribution in [1.82, 2.24) is 0 Å². The van der Waals surface area contributed by atoms with Crippen molar-refractivity contribution in [3.63, 3.8) is 0 Å². The predicted octanol–water partition coefficient (Wildman–Crippen LogP) is 4.64. The fourth-order valence-corrected chi connectivity index (χ4v) is 3.82. The molecule has 1 aromatic heterocycles. The minimum atomic E-state index is -3.88. The summed E-state index contributed by atoms with van der Waals surface area (Å²) < 4.78 is 31.4. The molecule has 1 heterocycles. The Morgan fingerprint density at radius 3 is 2.48 bits per heavy atom. The van der Waals surface area contributed by atoms with Crippen LogP contribution in [0.4, 0.5) is 0 Å². The van der Waals surface area contributed by atoms with Crippen molar-refractivity contribution < 1.29 is 12.8 Å². The fraction of sp³-hybridized carbons (Fsp3) is 0.150. The summed E-state index contributed by atoms with van der Waals surface area (Å²) in [5.74, 6) is 0.660. The Bertz CT molecular complexity index is 1100. The first kappa shape index (κ1) is 17.0. The van der Waals surface area contributed by atoms with Crippen molar-refractivity contribution in [2.24, 2.45) is 0 Å². The van der Waals surface area contributed by atoms with Crippen LogP contribution in [0, 0.1) is 18.3 Å². The summed E-state index contributed by atoms with van der Waals surface area (Å²) in [5, 5.41) is 10.3. The Balaban J connectivity index is 2.19. The first-order chi connectivity index (χ1) is 12.0. The van der Waals surface area contributed by atoms with E-state index < -0.39 is 9.84 Å². The third kappa shape index (κ3) is 3.09. The Morgan fingerprint density at radius 1 is 1.16 bits per heavy atom. The number of rotatable bonds is 4. The van der Waals surface area contributed by atoms with Gasteiger partial charge in [0.05, 0.1) is 4.90 Å². The van der Waals surface area contributed by atoms with E-state index in [2.05, 4.69) is 0 Å². The molecule has 0 saturated heterocycles. The lowest BCUT2D eigenvalue weighted by atomic mass is 10.1. The number of nitrogens with zero attached hydrogens (tertiary/aromatic N) is 1. The second kappa shape index (κ2) is 6.58. The molecule has 5 heteroatoms. The molecular weight excluding hydrogens is 334 g/mol. The van der Waals surface area contributed by atoms with E-state index in [1.54, 1.807) is 12.1 Å². The Labute approximate surface area is 146 Å². The molecule has 0 spiro atoms. The van der Waals surface area contributed by atoms with E-state index in [4.69, 9.17) is 4.42 Å². The number of benzene rings is 2. The average molecular weight is 351 g/mol. The Morgan fingerprint density at radius 2 is 1.84 bits per heavy atom. The Kier molecular flexibility index (Phi) is 4.47. The van der Waals surface area contributed by atoms with Gasteiger partial charge in [-0.2, -0.15) is 5.26 Å². The van der Waals surface area contributed by atoms with Gasteiger partial charge < -0.3 is 4.42 Å². The van der Waals surface area contributed by atoms with Gasteiger partial charge in [-0.1, -0.05) is 42.8 Å². The molecule has 0 aliphatic rings. The van der Waals surface area contributed by atoms with E-state index in [0.29, 0.717) is 23.3 Å². The zero-order valence-electron chi connectivity index (χ0n) is 14.0. The zero-order valence-corrected chi connectivity index (χ0v) is 14.8. The second-order valence-electron chi connectivity index (χ2n) is 5.73. The van der Waals surface area contributed by atoms with Crippen LogP contribution in [0.1, 0.15) is 23.8 Å². The molecule has 0 aliphatic carbocycles. The zero-order chi connectivity index (χ0) is 18.0. The van der Waals surface area contributed by atoms with Crippen LogP contribution in [0.5, 0.6) is 0 Å². The number of hydrogen-bond donors (Lipinski definition) is 0. The molecule has 0 amide bonds. The number of para-hydroxylation sites is 1. The highest BCUT2D eigenvalue weighted by Crippen LogP contribution is 2.30. The number of sulfone groups is 1. The van der Waals surface area contributed by atoms with E-state index in [0.717, 1.165) is 10.9 Å². The van der Waals surface area contributed by atoms with E-state index in [9.17, 15) is 13.7 Å². The van der Waals surface area contributed by atoms with Crippen LogP contribution in [-0.2, 0) is 16.3 Å². The third-order valence-electron chi connectivity index (χ3n) is 4.04. The summed E-state index contributed by atoms with van der Waals surface area (Å²) in [7, 11) is -3.88. The summed E-state index contributed by atoms with van der Waals surface area (Å²) in [5.41, 5.74) is 2.27.